The molecule has 0 aliphatic rings. The molecule has 0 aliphatic heterocycles. The van der Waals surface area contributed by atoms with Crippen molar-refractivity contribution in [2.75, 3.05) is 0 Å². The maximum Gasteiger partial charge on any atom is 0.272 e. The van der Waals surface area contributed by atoms with Crippen LogP contribution in [0.4, 0.5) is 0 Å². The van der Waals surface area contributed by atoms with Crippen LogP contribution in [0.25, 0.3) is 28.0 Å². The number of pyridine rings is 1. The molecule has 5 aromatic rings. The van der Waals surface area contributed by atoms with E-state index in [4.69, 9.17) is 21.7 Å². The summed E-state index contributed by atoms with van der Waals surface area (Å²) in [5, 5.41) is 10.1. The number of nitrogens with zero attached hydrogens (tertiary/aromatic N) is 4. The first-order valence-corrected chi connectivity index (χ1v) is 11.1. The number of carbonyl (C=O) groups excluding carboxylic acids is 1. The van der Waals surface area contributed by atoms with Crippen LogP contribution >= 0.6 is 11.6 Å². The van der Waals surface area contributed by atoms with Crippen molar-refractivity contribution < 1.29 is 4.79 Å². The Morgan fingerprint density at radius 3 is 2.35 bits per heavy atom. The van der Waals surface area contributed by atoms with E-state index in [9.17, 15) is 4.79 Å². The van der Waals surface area contributed by atoms with Crippen molar-refractivity contribution in [3.8, 4) is 16.9 Å². The standard InChI is InChI=1S/C27H20ClN5O/c1-18-25-23(27(34)31-29-17-19-8-4-2-5-9-19)16-24(20-12-14-21(28)15-13-20)30-26(25)33(32-18)22-10-6-3-7-11-22/h2-17H,1H3,(H,31,34). The number of fused-ring (bicyclic) bond motifs is 1. The van der Waals surface area contributed by atoms with Gasteiger partial charge in [-0.15, -0.1) is 0 Å². The zero-order chi connectivity index (χ0) is 23.5. The summed E-state index contributed by atoms with van der Waals surface area (Å²) in [7, 11) is 0. The second-order valence-electron chi connectivity index (χ2n) is 7.70. The van der Waals surface area contributed by atoms with Crippen molar-refractivity contribution in [1.82, 2.24) is 20.2 Å². The van der Waals surface area contributed by atoms with Gasteiger partial charge in [0.05, 0.1) is 34.2 Å². The SMILES string of the molecule is Cc1nn(-c2ccccc2)c2nc(-c3ccc(Cl)cc3)cc(C(=O)NN=Cc3ccccc3)c12. The lowest BCUT2D eigenvalue weighted by atomic mass is 10.1. The molecule has 5 rings (SSSR count). The molecule has 7 heteroatoms. The summed E-state index contributed by atoms with van der Waals surface area (Å²) < 4.78 is 1.76. The van der Waals surface area contributed by atoms with E-state index in [0.29, 0.717) is 33.0 Å². The van der Waals surface area contributed by atoms with Crippen molar-refractivity contribution in [1.29, 1.82) is 0 Å². The largest absolute Gasteiger partial charge is 0.272 e. The summed E-state index contributed by atoms with van der Waals surface area (Å²) in [6, 6.07) is 28.4. The first-order chi connectivity index (χ1) is 16.6. The highest BCUT2D eigenvalue weighted by Gasteiger charge is 2.20. The second kappa shape index (κ2) is 9.29. The van der Waals surface area contributed by atoms with Crippen molar-refractivity contribution in [3.63, 3.8) is 0 Å². The fourth-order valence-electron chi connectivity index (χ4n) is 3.75. The van der Waals surface area contributed by atoms with Crippen molar-refractivity contribution >= 4 is 34.8 Å². The van der Waals surface area contributed by atoms with Gasteiger partial charge in [0.15, 0.2) is 5.65 Å². The Bertz CT molecular complexity index is 1490. The number of rotatable bonds is 5. The molecule has 0 aliphatic carbocycles. The number of hydrazone groups is 1. The van der Waals surface area contributed by atoms with Gasteiger partial charge in [-0.1, -0.05) is 72.3 Å². The van der Waals surface area contributed by atoms with E-state index in [1.54, 1.807) is 29.1 Å². The number of hydrogen-bond acceptors (Lipinski definition) is 4. The van der Waals surface area contributed by atoms with Crippen LogP contribution < -0.4 is 5.43 Å². The van der Waals surface area contributed by atoms with E-state index in [-0.39, 0.29) is 5.91 Å². The van der Waals surface area contributed by atoms with Crippen LogP contribution in [0.1, 0.15) is 21.6 Å². The highest BCUT2D eigenvalue weighted by Crippen LogP contribution is 2.29. The third-order valence-corrected chi connectivity index (χ3v) is 5.63. The van der Waals surface area contributed by atoms with Crippen molar-refractivity contribution in [3.05, 3.63) is 113 Å². The van der Waals surface area contributed by atoms with Crippen LogP contribution in [0.3, 0.4) is 0 Å². The average molecular weight is 466 g/mol. The Morgan fingerprint density at radius 2 is 1.65 bits per heavy atom. The molecule has 1 amide bonds. The molecule has 0 radical (unpaired) electrons. The van der Waals surface area contributed by atoms with Crippen LogP contribution in [0, 0.1) is 6.92 Å². The Hall–Kier alpha value is -4.29. The molecule has 2 aromatic heterocycles. The highest BCUT2D eigenvalue weighted by atomic mass is 35.5. The maximum absolute atomic E-state index is 13.3. The van der Waals surface area contributed by atoms with Gasteiger partial charge in [-0.05, 0) is 42.8 Å². The van der Waals surface area contributed by atoms with Gasteiger partial charge in [-0.3, -0.25) is 4.79 Å². The Morgan fingerprint density at radius 1 is 0.971 bits per heavy atom. The Labute approximate surface area is 201 Å². The summed E-state index contributed by atoms with van der Waals surface area (Å²) in [4.78, 5) is 18.2. The van der Waals surface area contributed by atoms with Crippen LogP contribution in [-0.4, -0.2) is 26.9 Å². The second-order valence-corrected chi connectivity index (χ2v) is 8.14. The van der Waals surface area contributed by atoms with Gasteiger partial charge in [0.1, 0.15) is 0 Å². The van der Waals surface area contributed by atoms with Gasteiger partial charge in [0, 0.05) is 10.6 Å². The lowest BCUT2D eigenvalue weighted by molar-refractivity contribution is 0.0956. The number of para-hydroxylation sites is 1. The van der Waals surface area contributed by atoms with Gasteiger partial charge < -0.3 is 0 Å². The monoisotopic (exact) mass is 465 g/mol. The molecule has 0 atom stereocenters. The van der Waals surface area contributed by atoms with Gasteiger partial charge in [-0.25, -0.2) is 15.1 Å². The molecular formula is C27H20ClN5O. The number of carbonyl (C=O) groups is 1. The number of hydrogen-bond donors (Lipinski definition) is 1. The molecule has 0 fully saturated rings. The summed E-state index contributed by atoms with van der Waals surface area (Å²) in [5.74, 6) is -0.342. The summed E-state index contributed by atoms with van der Waals surface area (Å²) in [5.41, 5.74) is 7.60. The van der Waals surface area contributed by atoms with Crippen LogP contribution in [0.2, 0.25) is 5.02 Å². The zero-order valence-electron chi connectivity index (χ0n) is 18.3. The number of halogens is 1. The summed E-state index contributed by atoms with van der Waals surface area (Å²) in [6.45, 7) is 1.87. The van der Waals surface area contributed by atoms with Crippen LogP contribution in [0.5, 0.6) is 0 Å². The number of benzene rings is 3. The smallest absolute Gasteiger partial charge is 0.267 e. The molecular weight excluding hydrogens is 446 g/mol. The first kappa shape index (κ1) is 21.6. The van der Waals surface area contributed by atoms with Gasteiger partial charge >= 0.3 is 0 Å². The molecule has 34 heavy (non-hydrogen) atoms. The molecule has 0 spiro atoms. The van der Waals surface area contributed by atoms with E-state index in [2.05, 4.69) is 10.5 Å². The lowest BCUT2D eigenvalue weighted by Crippen LogP contribution is -2.18. The quantitative estimate of drug-likeness (QED) is 0.263. The average Bonchev–Trinajstić information content (AvgIpc) is 3.21. The first-order valence-electron chi connectivity index (χ1n) is 10.7. The predicted octanol–water partition coefficient (Wildman–Crippen LogP) is 5.81. The molecule has 0 saturated carbocycles. The molecule has 0 unspecified atom stereocenters. The van der Waals surface area contributed by atoms with E-state index < -0.39 is 0 Å². The minimum Gasteiger partial charge on any atom is -0.267 e. The molecule has 0 saturated heterocycles. The van der Waals surface area contributed by atoms with E-state index in [0.717, 1.165) is 16.8 Å². The number of aromatic nitrogens is 3. The molecule has 166 valence electrons. The van der Waals surface area contributed by atoms with Gasteiger partial charge in [0.25, 0.3) is 5.91 Å². The van der Waals surface area contributed by atoms with Crippen LogP contribution in [0.15, 0.2) is 96.1 Å². The lowest BCUT2D eigenvalue weighted by Gasteiger charge is -2.09. The minimum atomic E-state index is -0.342. The van der Waals surface area contributed by atoms with Crippen molar-refractivity contribution in [2.45, 2.75) is 6.92 Å². The van der Waals surface area contributed by atoms with Crippen molar-refractivity contribution in [2.24, 2.45) is 5.10 Å². The molecule has 3 aromatic carbocycles. The fraction of sp³-hybridized carbons (Fsp3) is 0.0370. The summed E-state index contributed by atoms with van der Waals surface area (Å²) in [6.07, 6.45) is 1.61. The van der Waals surface area contributed by atoms with E-state index in [1.165, 1.54) is 0 Å². The maximum atomic E-state index is 13.3. The highest BCUT2D eigenvalue weighted by molar-refractivity contribution is 6.30. The van der Waals surface area contributed by atoms with E-state index >= 15 is 0 Å². The molecule has 2 heterocycles. The topological polar surface area (TPSA) is 72.2 Å². The number of amides is 1. The Kier molecular flexibility index (Phi) is 5.89. The molecule has 1 N–H and O–H groups in total. The molecule has 0 bridgehead atoms. The van der Waals surface area contributed by atoms with Gasteiger partial charge in [0.2, 0.25) is 0 Å². The van der Waals surface area contributed by atoms with Crippen LogP contribution in [-0.2, 0) is 0 Å². The predicted molar refractivity (Wildman–Crippen MR) is 136 cm³/mol. The number of aryl methyl sites for hydroxylation is 1. The normalized spacial score (nSPS) is 11.2. The number of nitrogens with one attached hydrogen (secondary N) is 1. The van der Waals surface area contributed by atoms with Gasteiger partial charge in [-0.2, -0.15) is 10.2 Å². The fourth-order valence-corrected chi connectivity index (χ4v) is 3.88. The zero-order valence-corrected chi connectivity index (χ0v) is 19.1. The third-order valence-electron chi connectivity index (χ3n) is 5.38. The third kappa shape index (κ3) is 4.31. The summed E-state index contributed by atoms with van der Waals surface area (Å²) >= 11 is 6.08. The Balaban J connectivity index is 1.63. The van der Waals surface area contributed by atoms with E-state index in [1.807, 2.05) is 79.7 Å². The molecule has 6 nitrogen and oxygen atoms in total. The minimum absolute atomic E-state index is 0.342.